The van der Waals surface area contributed by atoms with Gasteiger partial charge >= 0.3 is 0 Å². The summed E-state index contributed by atoms with van der Waals surface area (Å²) in [6, 6.07) is 0. The Morgan fingerprint density at radius 3 is 2.64 bits per heavy atom. The summed E-state index contributed by atoms with van der Waals surface area (Å²) in [4.78, 5) is 0. The van der Waals surface area contributed by atoms with E-state index in [1.54, 1.807) is 16.7 Å². The van der Waals surface area contributed by atoms with Crippen molar-refractivity contribution in [3.05, 3.63) is 22.8 Å². The van der Waals surface area contributed by atoms with Crippen LogP contribution >= 0.6 is 0 Å². The number of hydrogen-bond acceptors (Lipinski definition) is 0. The van der Waals surface area contributed by atoms with Crippen molar-refractivity contribution in [1.29, 1.82) is 0 Å². The molecule has 0 aromatic heterocycles. The molecule has 0 bridgehead atoms. The first-order valence-corrected chi connectivity index (χ1v) is 5.87. The van der Waals surface area contributed by atoms with Gasteiger partial charge in [-0.3, -0.25) is 0 Å². The molecule has 2 aliphatic carbocycles. The number of allylic oxidation sites excluding steroid dienone is 4. The highest BCUT2D eigenvalue weighted by molar-refractivity contribution is 5.41. The van der Waals surface area contributed by atoms with Crippen LogP contribution < -0.4 is 0 Å². The van der Waals surface area contributed by atoms with Gasteiger partial charge in [0.25, 0.3) is 0 Å². The predicted molar refractivity (Wildman–Crippen MR) is 62.2 cm³/mol. The van der Waals surface area contributed by atoms with Gasteiger partial charge in [0, 0.05) is 0 Å². The van der Waals surface area contributed by atoms with Crippen molar-refractivity contribution in [3.63, 3.8) is 0 Å². The molecule has 0 saturated carbocycles. The summed E-state index contributed by atoms with van der Waals surface area (Å²) < 4.78 is 0. The fourth-order valence-electron chi connectivity index (χ4n) is 3.01. The lowest BCUT2D eigenvalue weighted by Crippen LogP contribution is -2.24. The van der Waals surface area contributed by atoms with Crippen LogP contribution in [0.5, 0.6) is 0 Å². The largest absolute Gasteiger partial charge is 0.0690 e. The molecule has 0 N–H and O–H groups in total. The molecule has 0 spiro atoms. The van der Waals surface area contributed by atoms with E-state index in [0.29, 0.717) is 5.41 Å². The quantitative estimate of drug-likeness (QED) is 0.528. The van der Waals surface area contributed by atoms with E-state index in [4.69, 9.17) is 0 Å². The third-order valence-electron chi connectivity index (χ3n) is 3.69. The highest BCUT2D eigenvalue weighted by Crippen LogP contribution is 2.46. The molecule has 0 aromatic rings. The smallest absolute Gasteiger partial charge is 0.0102 e. The van der Waals surface area contributed by atoms with E-state index in [-0.39, 0.29) is 0 Å². The van der Waals surface area contributed by atoms with Crippen LogP contribution in [-0.2, 0) is 0 Å². The zero-order chi connectivity index (χ0) is 10.3. The van der Waals surface area contributed by atoms with Crippen LogP contribution in [-0.4, -0.2) is 0 Å². The topological polar surface area (TPSA) is 0 Å². The molecular formula is C14H22. The summed E-state index contributed by atoms with van der Waals surface area (Å²) in [6.45, 7) is 9.43. The van der Waals surface area contributed by atoms with Crippen LogP contribution in [0.2, 0.25) is 0 Å². The highest BCUT2D eigenvalue weighted by Gasteiger charge is 2.32. The Hall–Kier alpha value is -0.520. The van der Waals surface area contributed by atoms with Gasteiger partial charge in [-0.15, -0.1) is 0 Å². The van der Waals surface area contributed by atoms with E-state index in [1.165, 1.54) is 25.7 Å². The molecule has 0 heteroatoms. The van der Waals surface area contributed by atoms with E-state index in [9.17, 15) is 0 Å². The van der Waals surface area contributed by atoms with E-state index in [2.05, 4.69) is 33.8 Å². The molecule has 2 rings (SSSR count). The van der Waals surface area contributed by atoms with Gasteiger partial charge < -0.3 is 0 Å². The molecule has 0 aliphatic heterocycles. The maximum Gasteiger partial charge on any atom is -0.0102 e. The van der Waals surface area contributed by atoms with Crippen molar-refractivity contribution in [2.75, 3.05) is 0 Å². The zero-order valence-electron chi connectivity index (χ0n) is 9.98. The SMILES string of the molecule is CC1=CC2=C(CCCC2C(C)(C)C)C1. The van der Waals surface area contributed by atoms with Crippen molar-refractivity contribution in [2.24, 2.45) is 11.3 Å². The minimum absolute atomic E-state index is 0.447. The van der Waals surface area contributed by atoms with Gasteiger partial charge in [-0.05, 0) is 49.5 Å². The standard InChI is InChI=1S/C14H22/c1-10-8-11-6-5-7-13(12(11)9-10)14(2,3)4/h9,13H,5-8H2,1-4H3. The molecule has 1 unspecified atom stereocenters. The number of rotatable bonds is 0. The molecule has 78 valence electrons. The van der Waals surface area contributed by atoms with Gasteiger partial charge in [0.15, 0.2) is 0 Å². The Morgan fingerprint density at radius 2 is 2.00 bits per heavy atom. The maximum absolute atomic E-state index is 2.46. The summed E-state index contributed by atoms with van der Waals surface area (Å²) in [5.41, 5.74) is 5.46. The third-order valence-corrected chi connectivity index (χ3v) is 3.69. The minimum Gasteiger partial charge on any atom is -0.0690 e. The first kappa shape index (κ1) is 10.0. The average Bonchev–Trinajstić information content (AvgIpc) is 2.41. The fraction of sp³-hybridized carbons (Fsp3) is 0.714. The van der Waals surface area contributed by atoms with Crippen LogP contribution in [0.3, 0.4) is 0 Å². The summed E-state index contributed by atoms with van der Waals surface area (Å²) >= 11 is 0. The molecule has 0 heterocycles. The minimum atomic E-state index is 0.447. The van der Waals surface area contributed by atoms with Gasteiger partial charge in [0.1, 0.15) is 0 Å². The zero-order valence-corrected chi connectivity index (χ0v) is 9.98. The summed E-state index contributed by atoms with van der Waals surface area (Å²) in [7, 11) is 0. The Labute approximate surface area is 88.1 Å². The van der Waals surface area contributed by atoms with Crippen molar-refractivity contribution in [2.45, 2.75) is 53.4 Å². The van der Waals surface area contributed by atoms with Crippen molar-refractivity contribution in [1.82, 2.24) is 0 Å². The first-order valence-electron chi connectivity index (χ1n) is 5.87. The Bertz CT molecular complexity index is 296. The second-order valence-electron chi connectivity index (χ2n) is 6.04. The molecule has 1 atom stereocenters. The van der Waals surface area contributed by atoms with Gasteiger partial charge in [-0.1, -0.05) is 38.0 Å². The molecule has 0 radical (unpaired) electrons. The average molecular weight is 190 g/mol. The van der Waals surface area contributed by atoms with Crippen LogP contribution in [0, 0.1) is 11.3 Å². The predicted octanol–water partition coefficient (Wildman–Crippen LogP) is 4.48. The van der Waals surface area contributed by atoms with Crippen molar-refractivity contribution < 1.29 is 0 Å². The second-order valence-corrected chi connectivity index (χ2v) is 6.04. The van der Waals surface area contributed by atoms with E-state index in [0.717, 1.165) is 5.92 Å². The Kier molecular flexibility index (Phi) is 2.33. The fourth-order valence-corrected chi connectivity index (χ4v) is 3.01. The molecule has 0 fully saturated rings. The molecule has 0 nitrogen and oxygen atoms in total. The maximum atomic E-state index is 2.46. The van der Waals surface area contributed by atoms with Gasteiger partial charge in [0.05, 0.1) is 0 Å². The Morgan fingerprint density at radius 1 is 1.29 bits per heavy atom. The lowest BCUT2D eigenvalue weighted by Gasteiger charge is -2.35. The van der Waals surface area contributed by atoms with Gasteiger partial charge in [-0.2, -0.15) is 0 Å². The molecule has 2 aliphatic rings. The second kappa shape index (κ2) is 3.25. The molecule has 0 amide bonds. The summed E-state index contributed by atoms with van der Waals surface area (Å²) in [5.74, 6) is 0.809. The summed E-state index contributed by atoms with van der Waals surface area (Å²) in [6.07, 6.45) is 7.88. The van der Waals surface area contributed by atoms with Gasteiger partial charge in [0.2, 0.25) is 0 Å². The van der Waals surface area contributed by atoms with Crippen LogP contribution in [0.25, 0.3) is 0 Å². The summed E-state index contributed by atoms with van der Waals surface area (Å²) in [5, 5.41) is 0. The normalized spacial score (nSPS) is 27.7. The van der Waals surface area contributed by atoms with E-state index < -0.39 is 0 Å². The number of hydrogen-bond donors (Lipinski definition) is 0. The third kappa shape index (κ3) is 1.67. The molecule has 0 aromatic carbocycles. The van der Waals surface area contributed by atoms with Gasteiger partial charge in [-0.25, -0.2) is 0 Å². The first-order chi connectivity index (χ1) is 6.48. The van der Waals surface area contributed by atoms with Crippen LogP contribution in [0.1, 0.15) is 53.4 Å². The lowest BCUT2D eigenvalue weighted by atomic mass is 9.70. The van der Waals surface area contributed by atoms with E-state index >= 15 is 0 Å². The van der Waals surface area contributed by atoms with Crippen LogP contribution in [0.15, 0.2) is 22.8 Å². The van der Waals surface area contributed by atoms with Crippen molar-refractivity contribution >= 4 is 0 Å². The Balaban J connectivity index is 2.31. The van der Waals surface area contributed by atoms with E-state index in [1.807, 2.05) is 0 Å². The molecule has 0 saturated heterocycles. The van der Waals surface area contributed by atoms with Crippen LogP contribution in [0.4, 0.5) is 0 Å². The lowest BCUT2D eigenvalue weighted by molar-refractivity contribution is 0.254. The highest BCUT2D eigenvalue weighted by atomic mass is 14.4. The monoisotopic (exact) mass is 190 g/mol. The van der Waals surface area contributed by atoms with Crippen molar-refractivity contribution in [3.8, 4) is 0 Å². The molecule has 14 heavy (non-hydrogen) atoms. The molecular weight excluding hydrogens is 168 g/mol.